The molecule has 0 aliphatic rings. The lowest BCUT2D eigenvalue weighted by Gasteiger charge is -2.24. The van der Waals surface area contributed by atoms with Crippen molar-refractivity contribution in [2.24, 2.45) is 5.92 Å². The van der Waals surface area contributed by atoms with Crippen LogP contribution < -0.4 is 5.32 Å². The molecule has 3 rings (SSSR count). The molecule has 156 valence electrons. The van der Waals surface area contributed by atoms with E-state index in [2.05, 4.69) is 5.32 Å². The number of hydrogen-bond donors (Lipinski definition) is 3. The lowest BCUT2D eigenvalue weighted by atomic mass is 9.92. The monoisotopic (exact) mass is 416 g/mol. The molecule has 3 aromatic carbocycles. The summed E-state index contributed by atoms with van der Waals surface area (Å²) in [4.78, 5) is 23.6. The fourth-order valence-electron chi connectivity index (χ4n) is 3.23. The molecule has 7 heteroatoms. The molecule has 31 heavy (non-hydrogen) atoms. The molecule has 7 nitrogen and oxygen atoms in total. The number of carboxylic acids is 1. The average molecular weight is 416 g/mol. The average Bonchev–Trinajstić information content (AvgIpc) is 2.77. The Labute approximate surface area is 178 Å². The highest BCUT2D eigenvalue weighted by molar-refractivity contribution is 5.91. The summed E-state index contributed by atoms with van der Waals surface area (Å²) in [5.74, 6) is -1.49. The second-order valence-electron chi connectivity index (χ2n) is 6.92. The number of nitriles is 1. The van der Waals surface area contributed by atoms with Crippen molar-refractivity contribution >= 4 is 28.5 Å². The van der Waals surface area contributed by atoms with Gasteiger partial charge >= 0.3 is 12.1 Å². The predicted octanol–water partition coefficient (Wildman–Crippen LogP) is 4.98. The van der Waals surface area contributed by atoms with E-state index in [0.717, 1.165) is 6.08 Å². The van der Waals surface area contributed by atoms with Gasteiger partial charge in [-0.25, -0.2) is 9.59 Å². The van der Waals surface area contributed by atoms with Gasteiger partial charge in [-0.05, 0) is 35.7 Å². The summed E-state index contributed by atoms with van der Waals surface area (Å²) in [7, 11) is 0. The minimum absolute atomic E-state index is 0.0915. The van der Waals surface area contributed by atoms with Gasteiger partial charge in [0.15, 0.2) is 0 Å². The number of benzene rings is 3. The third kappa shape index (κ3) is 5.19. The zero-order valence-corrected chi connectivity index (χ0v) is 16.6. The number of rotatable bonds is 6. The standard InChI is InChI=1S/C24H20N2O5/c1-15(6-13-22(28)29)23(20-11-12-21(27)19-5-3-2-4-18(19)20)31-24(30)26-17-9-7-16(14-25)8-10-17/h2-13,15,23,27H,1H3,(H,26,30)(H,28,29)/b13-6+/t15-,23+/m0/s1. The Morgan fingerprint density at radius 1 is 1.06 bits per heavy atom. The number of phenolic OH excluding ortho intramolecular Hbond substituents is 1. The number of aromatic hydroxyl groups is 1. The molecule has 0 bridgehead atoms. The minimum Gasteiger partial charge on any atom is -0.507 e. The summed E-state index contributed by atoms with van der Waals surface area (Å²) in [5.41, 5.74) is 1.54. The van der Waals surface area contributed by atoms with Crippen LogP contribution in [0.3, 0.4) is 0 Å². The van der Waals surface area contributed by atoms with Gasteiger partial charge in [-0.2, -0.15) is 5.26 Å². The number of fused-ring (bicyclic) bond motifs is 1. The highest BCUT2D eigenvalue weighted by Gasteiger charge is 2.25. The van der Waals surface area contributed by atoms with Gasteiger partial charge in [0, 0.05) is 28.6 Å². The van der Waals surface area contributed by atoms with Crippen molar-refractivity contribution in [2.75, 3.05) is 5.32 Å². The molecule has 3 aromatic rings. The fourth-order valence-corrected chi connectivity index (χ4v) is 3.23. The number of aliphatic carboxylic acids is 1. The van der Waals surface area contributed by atoms with E-state index >= 15 is 0 Å². The summed E-state index contributed by atoms with van der Waals surface area (Å²) in [6.45, 7) is 1.74. The van der Waals surface area contributed by atoms with Crippen LogP contribution in [0, 0.1) is 17.2 Å². The second-order valence-corrected chi connectivity index (χ2v) is 6.92. The van der Waals surface area contributed by atoms with Gasteiger partial charge in [0.1, 0.15) is 11.9 Å². The van der Waals surface area contributed by atoms with Crippen molar-refractivity contribution < 1.29 is 24.5 Å². The Balaban J connectivity index is 1.93. The molecular formula is C24H20N2O5. The molecular weight excluding hydrogens is 396 g/mol. The molecule has 0 unspecified atom stereocenters. The number of carbonyl (C=O) groups excluding carboxylic acids is 1. The molecule has 0 aromatic heterocycles. The molecule has 3 N–H and O–H groups in total. The van der Waals surface area contributed by atoms with Crippen molar-refractivity contribution in [3.05, 3.63) is 83.9 Å². The van der Waals surface area contributed by atoms with Crippen molar-refractivity contribution in [2.45, 2.75) is 13.0 Å². The summed E-state index contributed by atoms with van der Waals surface area (Å²) in [6, 6.07) is 18.6. The number of ether oxygens (including phenoxy) is 1. The molecule has 0 aliphatic heterocycles. The number of carbonyl (C=O) groups is 2. The van der Waals surface area contributed by atoms with Crippen LogP contribution in [-0.4, -0.2) is 22.3 Å². The van der Waals surface area contributed by atoms with Crippen molar-refractivity contribution in [3.8, 4) is 11.8 Å². The minimum atomic E-state index is -1.11. The van der Waals surface area contributed by atoms with E-state index in [1.807, 2.05) is 6.07 Å². The Morgan fingerprint density at radius 2 is 1.74 bits per heavy atom. The summed E-state index contributed by atoms with van der Waals surface area (Å²) in [6.07, 6.45) is 0.896. The lowest BCUT2D eigenvalue weighted by molar-refractivity contribution is -0.131. The topological polar surface area (TPSA) is 120 Å². The van der Waals surface area contributed by atoms with Crippen LogP contribution in [0.25, 0.3) is 10.8 Å². The van der Waals surface area contributed by atoms with Gasteiger partial charge in [0.25, 0.3) is 0 Å². The first-order valence-electron chi connectivity index (χ1n) is 9.48. The van der Waals surface area contributed by atoms with Gasteiger partial charge in [-0.3, -0.25) is 5.32 Å². The number of anilines is 1. The van der Waals surface area contributed by atoms with E-state index in [1.54, 1.807) is 61.5 Å². The highest BCUT2D eigenvalue weighted by atomic mass is 16.6. The van der Waals surface area contributed by atoms with Crippen molar-refractivity contribution in [1.82, 2.24) is 0 Å². The maximum absolute atomic E-state index is 12.6. The molecule has 0 aliphatic carbocycles. The van der Waals surface area contributed by atoms with E-state index in [9.17, 15) is 14.7 Å². The van der Waals surface area contributed by atoms with Crippen LogP contribution in [0.1, 0.15) is 24.2 Å². The molecule has 0 radical (unpaired) electrons. The normalized spacial score (nSPS) is 12.8. The first-order chi connectivity index (χ1) is 14.9. The van der Waals surface area contributed by atoms with Crippen LogP contribution >= 0.6 is 0 Å². The van der Waals surface area contributed by atoms with Crippen LogP contribution in [0.4, 0.5) is 10.5 Å². The molecule has 2 atom stereocenters. The maximum Gasteiger partial charge on any atom is 0.412 e. The third-order valence-electron chi connectivity index (χ3n) is 4.76. The maximum atomic E-state index is 12.6. The van der Waals surface area contributed by atoms with Crippen LogP contribution in [0.2, 0.25) is 0 Å². The molecule has 0 saturated heterocycles. The van der Waals surface area contributed by atoms with Crippen LogP contribution in [0.15, 0.2) is 72.8 Å². The van der Waals surface area contributed by atoms with Gasteiger partial charge in [0.2, 0.25) is 0 Å². The number of amides is 1. The van der Waals surface area contributed by atoms with E-state index in [0.29, 0.717) is 27.6 Å². The smallest absolute Gasteiger partial charge is 0.412 e. The third-order valence-corrected chi connectivity index (χ3v) is 4.76. The summed E-state index contributed by atoms with van der Waals surface area (Å²) in [5, 5.41) is 31.9. The highest BCUT2D eigenvalue weighted by Crippen LogP contribution is 2.36. The Hall–Kier alpha value is -4.31. The fraction of sp³-hybridized carbons (Fsp3) is 0.125. The van der Waals surface area contributed by atoms with Crippen LogP contribution in [-0.2, 0) is 9.53 Å². The summed E-state index contributed by atoms with van der Waals surface area (Å²) < 4.78 is 5.70. The largest absolute Gasteiger partial charge is 0.507 e. The predicted molar refractivity (Wildman–Crippen MR) is 116 cm³/mol. The molecule has 1 amide bonds. The summed E-state index contributed by atoms with van der Waals surface area (Å²) >= 11 is 0. The number of hydrogen-bond acceptors (Lipinski definition) is 5. The lowest BCUT2D eigenvalue weighted by Crippen LogP contribution is -2.21. The Bertz CT molecular complexity index is 1180. The van der Waals surface area contributed by atoms with Crippen LogP contribution in [0.5, 0.6) is 5.75 Å². The van der Waals surface area contributed by atoms with Gasteiger partial charge in [-0.1, -0.05) is 43.3 Å². The molecule has 0 saturated carbocycles. The first-order valence-corrected chi connectivity index (χ1v) is 9.48. The number of carboxylic acid groups (broad SMARTS) is 1. The quantitative estimate of drug-likeness (QED) is 0.487. The molecule has 0 fully saturated rings. The zero-order chi connectivity index (χ0) is 22.4. The van der Waals surface area contributed by atoms with Crippen molar-refractivity contribution in [1.29, 1.82) is 5.26 Å². The van der Waals surface area contributed by atoms with E-state index in [1.165, 1.54) is 12.1 Å². The number of nitrogens with one attached hydrogen (secondary N) is 1. The van der Waals surface area contributed by atoms with Crippen molar-refractivity contribution in [3.63, 3.8) is 0 Å². The second kappa shape index (κ2) is 9.46. The van der Waals surface area contributed by atoms with Gasteiger partial charge < -0.3 is 14.9 Å². The molecule has 0 spiro atoms. The Morgan fingerprint density at radius 3 is 2.39 bits per heavy atom. The first kappa shape index (κ1) is 21.4. The van der Waals surface area contributed by atoms with E-state index < -0.39 is 24.1 Å². The Kier molecular flexibility index (Phi) is 6.53. The SMILES string of the molecule is C[C@@H](/C=C/C(=O)O)[C@@H](OC(=O)Nc1ccc(C#N)cc1)c1ccc(O)c2ccccc12. The number of phenols is 1. The van der Waals surface area contributed by atoms with Gasteiger partial charge in [0.05, 0.1) is 11.6 Å². The van der Waals surface area contributed by atoms with E-state index in [-0.39, 0.29) is 5.75 Å². The molecule has 0 heterocycles. The number of nitrogens with zero attached hydrogens (tertiary/aromatic N) is 1. The zero-order valence-electron chi connectivity index (χ0n) is 16.6. The van der Waals surface area contributed by atoms with Gasteiger partial charge in [-0.15, -0.1) is 0 Å². The van der Waals surface area contributed by atoms with E-state index in [4.69, 9.17) is 15.1 Å².